The van der Waals surface area contributed by atoms with Gasteiger partial charge in [0.2, 0.25) is 5.95 Å². The lowest BCUT2D eigenvalue weighted by Crippen LogP contribution is -2.33. The Bertz CT molecular complexity index is 308. The molecule has 2 rings (SSSR count). The fraction of sp³-hybridized carbons (Fsp3) is 0.500. The average Bonchev–Trinajstić information content (AvgIpc) is 2.49. The molecule has 12 heavy (non-hydrogen) atoms. The maximum atomic E-state index is 10.6. The summed E-state index contributed by atoms with van der Waals surface area (Å²) in [4.78, 5) is 14.5. The SMILES string of the molecule is O=C(O)C1CNc2ncnn2C1. The number of fused-ring (bicyclic) bond motifs is 1. The third-order valence-electron chi connectivity index (χ3n) is 1.86. The molecule has 0 radical (unpaired) electrons. The number of rotatable bonds is 1. The summed E-state index contributed by atoms with van der Waals surface area (Å²) in [6.45, 7) is 0.825. The minimum absolute atomic E-state index is 0.400. The van der Waals surface area contributed by atoms with Gasteiger partial charge in [-0.3, -0.25) is 4.79 Å². The summed E-state index contributed by atoms with van der Waals surface area (Å²) >= 11 is 0. The van der Waals surface area contributed by atoms with Crippen LogP contribution in [0.5, 0.6) is 0 Å². The van der Waals surface area contributed by atoms with Crippen molar-refractivity contribution < 1.29 is 9.90 Å². The van der Waals surface area contributed by atoms with Gasteiger partial charge in [0.15, 0.2) is 0 Å². The number of carboxylic acid groups (broad SMARTS) is 1. The summed E-state index contributed by atoms with van der Waals surface area (Å²) < 4.78 is 1.56. The van der Waals surface area contributed by atoms with E-state index in [0.29, 0.717) is 19.0 Å². The number of anilines is 1. The summed E-state index contributed by atoms with van der Waals surface area (Å²) in [5.41, 5.74) is 0. The van der Waals surface area contributed by atoms with Crippen LogP contribution in [0, 0.1) is 5.92 Å². The minimum Gasteiger partial charge on any atom is -0.481 e. The molecule has 0 amide bonds. The summed E-state index contributed by atoms with van der Waals surface area (Å²) in [6.07, 6.45) is 1.41. The zero-order valence-corrected chi connectivity index (χ0v) is 6.27. The Kier molecular flexibility index (Phi) is 1.46. The molecular formula is C6H8N4O2. The zero-order chi connectivity index (χ0) is 8.55. The maximum absolute atomic E-state index is 10.6. The van der Waals surface area contributed by atoms with Gasteiger partial charge in [-0.1, -0.05) is 0 Å². The lowest BCUT2D eigenvalue weighted by atomic mass is 10.1. The zero-order valence-electron chi connectivity index (χ0n) is 6.27. The first-order valence-corrected chi connectivity index (χ1v) is 3.62. The van der Waals surface area contributed by atoms with Crippen LogP contribution in [-0.4, -0.2) is 32.4 Å². The number of aliphatic carboxylic acids is 1. The molecule has 1 aliphatic heterocycles. The van der Waals surface area contributed by atoms with Gasteiger partial charge in [-0.25, -0.2) is 4.68 Å². The highest BCUT2D eigenvalue weighted by atomic mass is 16.4. The monoisotopic (exact) mass is 168 g/mol. The molecule has 0 aliphatic carbocycles. The molecule has 1 atom stereocenters. The number of carboxylic acids is 1. The predicted octanol–water partition coefficient (Wildman–Crippen LogP) is -0.596. The van der Waals surface area contributed by atoms with Crippen LogP contribution in [0.2, 0.25) is 0 Å². The summed E-state index contributed by atoms with van der Waals surface area (Å²) in [7, 11) is 0. The molecule has 0 saturated carbocycles. The third-order valence-corrected chi connectivity index (χ3v) is 1.86. The maximum Gasteiger partial charge on any atom is 0.310 e. The van der Waals surface area contributed by atoms with Crippen molar-refractivity contribution in [3.63, 3.8) is 0 Å². The molecule has 1 aromatic heterocycles. The van der Waals surface area contributed by atoms with E-state index in [2.05, 4.69) is 15.4 Å². The molecule has 6 nitrogen and oxygen atoms in total. The Morgan fingerprint density at radius 3 is 3.42 bits per heavy atom. The van der Waals surface area contributed by atoms with Gasteiger partial charge in [-0.05, 0) is 0 Å². The van der Waals surface area contributed by atoms with Gasteiger partial charge >= 0.3 is 5.97 Å². The lowest BCUT2D eigenvalue weighted by Gasteiger charge is -2.19. The number of aromatic nitrogens is 3. The van der Waals surface area contributed by atoms with E-state index in [-0.39, 0.29) is 0 Å². The molecule has 2 N–H and O–H groups in total. The molecule has 1 unspecified atom stereocenters. The van der Waals surface area contributed by atoms with Crippen molar-refractivity contribution in [3.05, 3.63) is 6.33 Å². The van der Waals surface area contributed by atoms with Gasteiger partial charge in [-0.2, -0.15) is 10.1 Å². The smallest absolute Gasteiger partial charge is 0.310 e. The number of carbonyl (C=O) groups is 1. The Balaban J connectivity index is 2.20. The molecule has 0 fully saturated rings. The molecule has 0 bridgehead atoms. The fourth-order valence-corrected chi connectivity index (χ4v) is 1.19. The highest BCUT2D eigenvalue weighted by molar-refractivity contribution is 5.71. The van der Waals surface area contributed by atoms with Crippen LogP contribution < -0.4 is 5.32 Å². The Morgan fingerprint density at radius 2 is 2.67 bits per heavy atom. The number of nitrogens with zero attached hydrogens (tertiary/aromatic N) is 3. The van der Waals surface area contributed by atoms with E-state index in [4.69, 9.17) is 5.11 Å². The first kappa shape index (κ1) is 7.08. The number of hydrogen-bond donors (Lipinski definition) is 2. The van der Waals surface area contributed by atoms with E-state index in [1.54, 1.807) is 4.68 Å². The Labute approximate surface area is 68.2 Å². The second-order valence-corrected chi connectivity index (χ2v) is 2.68. The minimum atomic E-state index is -0.802. The molecule has 64 valence electrons. The molecule has 0 spiro atoms. The van der Waals surface area contributed by atoms with Crippen molar-refractivity contribution in [3.8, 4) is 0 Å². The highest BCUT2D eigenvalue weighted by Crippen LogP contribution is 2.13. The first-order chi connectivity index (χ1) is 5.77. The van der Waals surface area contributed by atoms with E-state index < -0.39 is 11.9 Å². The van der Waals surface area contributed by atoms with Gasteiger partial charge in [-0.15, -0.1) is 0 Å². The van der Waals surface area contributed by atoms with Crippen molar-refractivity contribution in [1.82, 2.24) is 14.8 Å². The molecular weight excluding hydrogens is 160 g/mol. The van der Waals surface area contributed by atoms with Gasteiger partial charge in [0, 0.05) is 6.54 Å². The average molecular weight is 168 g/mol. The lowest BCUT2D eigenvalue weighted by molar-refractivity contribution is -0.141. The van der Waals surface area contributed by atoms with Crippen LogP contribution in [0.25, 0.3) is 0 Å². The van der Waals surface area contributed by atoms with Gasteiger partial charge < -0.3 is 10.4 Å². The molecule has 6 heteroatoms. The molecule has 2 heterocycles. The van der Waals surface area contributed by atoms with Crippen LogP contribution in [0.3, 0.4) is 0 Å². The van der Waals surface area contributed by atoms with E-state index in [0.717, 1.165) is 0 Å². The number of hydrogen-bond acceptors (Lipinski definition) is 4. The van der Waals surface area contributed by atoms with Crippen LogP contribution >= 0.6 is 0 Å². The largest absolute Gasteiger partial charge is 0.481 e. The van der Waals surface area contributed by atoms with Crippen molar-refractivity contribution in [1.29, 1.82) is 0 Å². The van der Waals surface area contributed by atoms with E-state index >= 15 is 0 Å². The van der Waals surface area contributed by atoms with Gasteiger partial charge in [0.1, 0.15) is 6.33 Å². The van der Waals surface area contributed by atoms with E-state index in [1.807, 2.05) is 0 Å². The Hall–Kier alpha value is -1.59. The predicted molar refractivity (Wildman–Crippen MR) is 39.6 cm³/mol. The fourth-order valence-electron chi connectivity index (χ4n) is 1.19. The van der Waals surface area contributed by atoms with Crippen molar-refractivity contribution in [2.45, 2.75) is 6.54 Å². The van der Waals surface area contributed by atoms with Crippen molar-refractivity contribution >= 4 is 11.9 Å². The van der Waals surface area contributed by atoms with Crippen molar-refractivity contribution in [2.75, 3.05) is 11.9 Å². The highest BCUT2D eigenvalue weighted by Gasteiger charge is 2.24. The van der Waals surface area contributed by atoms with Crippen LogP contribution in [-0.2, 0) is 11.3 Å². The third kappa shape index (κ3) is 1.01. The molecule has 0 saturated heterocycles. The first-order valence-electron chi connectivity index (χ1n) is 3.62. The molecule has 1 aromatic rings. The standard InChI is InChI=1S/C6H8N4O2/c11-5(12)4-1-7-6-8-3-9-10(6)2-4/h3-4H,1-2H2,(H,11,12)(H,7,8,9). The van der Waals surface area contributed by atoms with Crippen LogP contribution in [0.15, 0.2) is 6.33 Å². The Morgan fingerprint density at radius 1 is 1.83 bits per heavy atom. The molecule has 0 aromatic carbocycles. The second kappa shape index (κ2) is 2.47. The summed E-state index contributed by atoms with van der Waals surface area (Å²) in [5.74, 6) is -0.560. The second-order valence-electron chi connectivity index (χ2n) is 2.68. The van der Waals surface area contributed by atoms with Gasteiger partial charge in [0.25, 0.3) is 0 Å². The number of nitrogens with one attached hydrogen (secondary N) is 1. The topological polar surface area (TPSA) is 80.0 Å². The van der Waals surface area contributed by atoms with Gasteiger partial charge in [0.05, 0.1) is 12.5 Å². The van der Waals surface area contributed by atoms with E-state index in [1.165, 1.54) is 6.33 Å². The normalized spacial score (nSPS) is 21.2. The van der Waals surface area contributed by atoms with Crippen molar-refractivity contribution in [2.24, 2.45) is 5.92 Å². The summed E-state index contributed by atoms with van der Waals surface area (Å²) in [6, 6.07) is 0. The quantitative estimate of drug-likeness (QED) is 0.585. The summed E-state index contributed by atoms with van der Waals surface area (Å²) in [5, 5.41) is 15.5. The van der Waals surface area contributed by atoms with Crippen LogP contribution in [0.1, 0.15) is 0 Å². The van der Waals surface area contributed by atoms with E-state index in [9.17, 15) is 4.79 Å². The van der Waals surface area contributed by atoms with Crippen LogP contribution in [0.4, 0.5) is 5.95 Å². The molecule has 1 aliphatic rings.